The molecule has 0 amide bonds. The summed E-state index contributed by atoms with van der Waals surface area (Å²) < 4.78 is 27.3. The summed E-state index contributed by atoms with van der Waals surface area (Å²) in [5.74, 6) is -1.60. The molecule has 114 valence electrons. The second-order valence-electron chi connectivity index (χ2n) is 6.52. The lowest BCUT2D eigenvalue weighted by Gasteiger charge is -2.46. The minimum absolute atomic E-state index is 0.0570. The topological polar surface area (TPSA) is 20.3 Å². The second kappa shape index (κ2) is 5.48. The largest absolute Gasteiger partial charge is 0.300 e. The van der Waals surface area contributed by atoms with Gasteiger partial charge in [-0.1, -0.05) is 6.42 Å². The molecule has 0 saturated carbocycles. The summed E-state index contributed by atoms with van der Waals surface area (Å²) >= 11 is 0. The maximum atomic E-state index is 13.9. The first-order chi connectivity index (χ1) is 9.97. The summed E-state index contributed by atoms with van der Waals surface area (Å²) in [4.78, 5) is 15.0. The van der Waals surface area contributed by atoms with Crippen LogP contribution >= 0.6 is 0 Å². The molecule has 1 aromatic carbocycles. The van der Waals surface area contributed by atoms with E-state index in [1.54, 1.807) is 6.92 Å². The van der Waals surface area contributed by atoms with E-state index in [0.29, 0.717) is 17.6 Å². The molecule has 0 spiro atoms. The molecule has 0 aliphatic carbocycles. The van der Waals surface area contributed by atoms with Crippen LogP contribution in [0.2, 0.25) is 0 Å². The van der Waals surface area contributed by atoms with Crippen LogP contribution in [0.3, 0.4) is 0 Å². The smallest absolute Gasteiger partial charge is 0.169 e. The molecule has 2 atom stereocenters. The third-order valence-corrected chi connectivity index (χ3v) is 5.22. The lowest BCUT2D eigenvalue weighted by molar-refractivity contribution is 0.0337. The molecular formula is C17H21F2NO. The molecule has 2 heterocycles. The fraction of sp³-hybridized carbons (Fsp3) is 0.588. The summed E-state index contributed by atoms with van der Waals surface area (Å²) in [5.41, 5.74) is 0.384. The number of hydrogen-bond acceptors (Lipinski definition) is 2. The highest BCUT2D eigenvalue weighted by molar-refractivity contribution is 5.98. The lowest BCUT2D eigenvalue weighted by Crippen LogP contribution is -2.51. The van der Waals surface area contributed by atoms with Gasteiger partial charge in [0, 0.05) is 24.1 Å². The Morgan fingerprint density at radius 2 is 1.76 bits per heavy atom. The van der Waals surface area contributed by atoms with Gasteiger partial charge in [0.15, 0.2) is 5.78 Å². The van der Waals surface area contributed by atoms with Crippen LogP contribution in [0.1, 0.15) is 48.0 Å². The molecule has 2 aliphatic rings. The number of Topliss-reactive ketones (excluding diaryl/α,β-unsaturated/α-hetero) is 1. The van der Waals surface area contributed by atoms with Crippen LogP contribution < -0.4 is 0 Å². The number of hydrogen-bond donors (Lipinski definition) is 0. The first kappa shape index (κ1) is 14.6. The van der Waals surface area contributed by atoms with Crippen LogP contribution in [0.4, 0.5) is 8.78 Å². The maximum Gasteiger partial charge on any atom is 0.169 e. The van der Waals surface area contributed by atoms with Crippen LogP contribution in [0.15, 0.2) is 12.1 Å². The van der Waals surface area contributed by atoms with Crippen molar-refractivity contribution in [3.05, 3.63) is 34.9 Å². The van der Waals surface area contributed by atoms with Gasteiger partial charge >= 0.3 is 0 Å². The molecule has 2 saturated heterocycles. The van der Waals surface area contributed by atoms with E-state index in [0.717, 1.165) is 31.7 Å². The third-order valence-electron chi connectivity index (χ3n) is 5.22. The molecule has 2 bridgehead atoms. The average Bonchev–Trinajstić information content (AvgIpc) is 2.42. The molecule has 1 aromatic rings. The Morgan fingerprint density at radius 3 is 2.38 bits per heavy atom. The zero-order valence-electron chi connectivity index (χ0n) is 12.5. The van der Waals surface area contributed by atoms with Gasteiger partial charge in [-0.05, 0) is 51.3 Å². The summed E-state index contributed by atoms with van der Waals surface area (Å²) in [6, 6.07) is 3.05. The standard InChI is InChI=1S/C17H21F2NO/c1-10-6-14(16(19)9-15(10)18)17(21)11-7-12-4-3-5-13(8-11)20(12)2/h6,9,11-13H,3-5,7-8H2,1-2H3. The quantitative estimate of drug-likeness (QED) is 0.775. The Kier molecular flexibility index (Phi) is 3.82. The van der Waals surface area contributed by atoms with Crippen molar-refractivity contribution in [2.45, 2.75) is 51.1 Å². The van der Waals surface area contributed by atoms with Crippen LogP contribution in [-0.2, 0) is 0 Å². The first-order valence-electron chi connectivity index (χ1n) is 7.69. The predicted molar refractivity (Wildman–Crippen MR) is 77.3 cm³/mol. The van der Waals surface area contributed by atoms with Crippen LogP contribution in [-0.4, -0.2) is 29.8 Å². The number of rotatable bonds is 2. The van der Waals surface area contributed by atoms with Gasteiger partial charge in [-0.25, -0.2) is 8.78 Å². The van der Waals surface area contributed by atoms with Crippen molar-refractivity contribution < 1.29 is 13.6 Å². The molecule has 0 N–H and O–H groups in total. The fourth-order valence-electron chi connectivity index (χ4n) is 3.90. The van der Waals surface area contributed by atoms with Gasteiger partial charge in [-0.2, -0.15) is 0 Å². The van der Waals surface area contributed by atoms with Gasteiger partial charge < -0.3 is 4.90 Å². The number of aryl methyl sites for hydroxylation is 1. The highest BCUT2D eigenvalue weighted by Gasteiger charge is 2.39. The minimum atomic E-state index is -0.729. The normalized spacial score (nSPS) is 29.4. The summed E-state index contributed by atoms with van der Waals surface area (Å²) in [5, 5.41) is 0. The highest BCUT2D eigenvalue weighted by atomic mass is 19.1. The molecule has 21 heavy (non-hydrogen) atoms. The first-order valence-corrected chi connectivity index (χ1v) is 7.69. The van der Waals surface area contributed by atoms with E-state index >= 15 is 0 Å². The molecule has 2 fully saturated rings. The molecular weight excluding hydrogens is 272 g/mol. The van der Waals surface area contributed by atoms with Crippen molar-refractivity contribution in [3.8, 4) is 0 Å². The Morgan fingerprint density at radius 1 is 1.14 bits per heavy atom. The minimum Gasteiger partial charge on any atom is -0.300 e. The zero-order valence-corrected chi connectivity index (χ0v) is 12.5. The SMILES string of the molecule is Cc1cc(C(=O)C2CC3CCCC(C2)N3C)c(F)cc1F. The highest BCUT2D eigenvalue weighted by Crippen LogP contribution is 2.37. The molecule has 2 unspecified atom stereocenters. The van der Waals surface area contributed by atoms with Crippen molar-refractivity contribution in [3.63, 3.8) is 0 Å². The lowest BCUT2D eigenvalue weighted by atomic mass is 9.76. The maximum absolute atomic E-state index is 13.9. The van der Waals surface area contributed by atoms with Crippen molar-refractivity contribution in [2.75, 3.05) is 7.05 Å². The average molecular weight is 293 g/mol. The number of piperidine rings is 2. The summed E-state index contributed by atoms with van der Waals surface area (Å²) in [6.07, 6.45) is 5.03. The van der Waals surface area contributed by atoms with Gasteiger partial charge in [-0.15, -0.1) is 0 Å². The van der Waals surface area contributed by atoms with Gasteiger partial charge in [0.2, 0.25) is 0 Å². The van der Waals surface area contributed by atoms with Crippen LogP contribution in [0, 0.1) is 24.5 Å². The summed E-state index contributed by atoms with van der Waals surface area (Å²) in [7, 11) is 2.12. The molecule has 2 nitrogen and oxygen atoms in total. The van der Waals surface area contributed by atoms with Gasteiger partial charge in [-0.3, -0.25) is 4.79 Å². The van der Waals surface area contributed by atoms with Crippen molar-refractivity contribution >= 4 is 5.78 Å². The predicted octanol–water partition coefficient (Wildman–Crippen LogP) is 3.72. The van der Waals surface area contributed by atoms with Crippen molar-refractivity contribution in [2.24, 2.45) is 5.92 Å². The van der Waals surface area contributed by atoms with Crippen LogP contribution in [0.5, 0.6) is 0 Å². The third kappa shape index (κ3) is 2.61. The van der Waals surface area contributed by atoms with E-state index in [4.69, 9.17) is 0 Å². The van der Waals surface area contributed by atoms with E-state index in [1.165, 1.54) is 12.5 Å². The van der Waals surface area contributed by atoms with E-state index in [1.807, 2.05) is 0 Å². The van der Waals surface area contributed by atoms with Gasteiger partial charge in [0.1, 0.15) is 11.6 Å². The number of carbonyl (C=O) groups excluding carboxylic acids is 1. The van der Waals surface area contributed by atoms with Crippen molar-refractivity contribution in [1.82, 2.24) is 4.90 Å². The second-order valence-corrected chi connectivity index (χ2v) is 6.52. The van der Waals surface area contributed by atoms with Crippen molar-refractivity contribution in [1.29, 1.82) is 0 Å². The number of carbonyl (C=O) groups is 1. The summed E-state index contributed by atoms with van der Waals surface area (Å²) in [6.45, 7) is 1.56. The Balaban J connectivity index is 1.84. The van der Waals surface area contributed by atoms with E-state index in [-0.39, 0.29) is 17.3 Å². The number of fused-ring (bicyclic) bond motifs is 2. The van der Waals surface area contributed by atoms with E-state index in [2.05, 4.69) is 11.9 Å². The Bertz CT molecular complexity index is 558. The monoisotopic (exact) mass is 293 g/mol. The van der Waals surface area contributed by atoms with Crippen LogP contribution in [0.25, 0.3) is 0 Å². The van der Waals surface area contributed by atoms with E-state index < -0.39 is 11.6 Å². The molecule has 0 aromatic heterocycles. The molecule has 0 radical (unpaired) electrons. The number of halogens is 2. The molecule has 4 heteroatoms. The fourth-order valence-corrected chi connectivity index (χ4v) is 3.90. The number of ketones is 1. The Hall–Kier alpha value is -1.29. The van der Waals surface area contributed by atoms with Gasteiger partial charge in [0.25, 0.3) is 0 Å². The molecule has 3 rings (SSSR count). The van der Waals surface area contributed by atoms with Gasteiger partial charge in [0.05, 0.1) is 5.56 Å². The molecule has 2 aliphatic heterocycles. The zero-order chi connectivity index (χ0) is 15.1. The van der Waals surface area contributed by atoms with E-state index in [9.17, 15) is 13.6 Å². The number of nitrogens with zero attached hydrogens (tertiary/aromatic N) is 1. The Labute approximate surface area is 124 Å². The number of benzene rings is 1.